The summed E-state index contributed by atoms with van der Waals surface area (Å²) in [5, 5.41) is 3.48. The Labute approximate surface area is 117 Å². The molecule has 1 fully saturated rings. The topological polar surface area (TPSA) is 37.8 Å². The van der Waals surface area contributed by atoms with Crippen molar-refractivity contribution in [3.05, 3.63) is 17.1 Å². The molecule has 1 N–H and O–H groups in total. The van der Waals surface area contributed by atoms with Crippen molar-refractivity contribution in [2.45, 2.75) is 65.7 Å². The van der Waals surface area contributed by atoms with E-state index in [0.717, 1.165) is 42.6 Å². The molecule has 3 heteroatoms. The van der Waals surface area contributed by atoms with Crippen molar-refractivity contribution >= 4 is 5.82 Å². The van der Waals surface area contributed by atoms with Crippen LogP contribution in [0.1, 0.15) is 69.5 Å². The van der Waals surface area contributed by atoms with E-state index in [1.54, 1.807) is 0 Å². The first-order chi connectivity index (χ1) is 9.15. The van der Waals surface area contributed by atoms with Gasteiger partial charge in [-0.15, -0.1) is 0 Å². The molecule has 1 saturated carbocycles. The van der Waals surface area contributed by atoms with Crippen LogP contribution in [0.5, 0.6) is 0 Å². The van der Waals surface area contributed by atoms with Crippen molar-refractivity contribution in [1.29, 1.82) is 0 Å². The van der Waals surface area contributed by atoms with E-state index in [1.165, 1.54) is 24.8 Å². The van der Waals surface area contributed by atoms with Gasteiger partial charge in [-0.2, -0.15) is 0 Å². The summed E-state index contributed by atoms with van der Waals surface area (Å²) < 4.78 is 0. The van der Waals surface area contributed by atoms with Crippen LogP contribution in [0.25, 0.3) is 0 Å². The number of aryl methyl sites for hydroxylation is 1. The number of hydrogen-bond acceptors (Lipinski definition) is 3. The largest absolute Gasteiger partial charge is 0.370 e. The van der Waals surface area contributed by atoms with Gasteiger partial charge in [-0.3, -0.25) is 0 Å². The van der Waals surface area contributed by atoms with Crippen LogP contribution in [0.15, 0.2) is 0 Å². The number of anilines is 1. The smallest absolute Gasteiger partial charge is 0.134 e. The molecule has 0 aliphatic heterocycles. The minimum absolute atomic E-state index is 0.571. The molecule has 1 aromatic rings. The number of aromatic nitrogens is 2. The molecule has 0 aromatic carbocycles. The first-order valence-electron chi connectivity index (χ1n) is 7.76. The normalized spacial score (nSPS) is 22.7. The maximum atomic E-state index is 4.84. The fraction of sp³-hybridized carbons (Fsp3) is 0.750. The Morgan fingerprint density at radius 2 is 2.00 bits per heavy atom. The van der Waals surface area contributed by atoms with Crippen LogP contribution in [-0.4, -0.2) is 16.5 Å². The Kier molecular flexibility index (Phi) is 4.78. The summed E-state index contributed by atoms with van der Waals surface area (Å²) >= 11 is 0. The number of hydrogen-bond donors (Lipinski definition) is 1. The van der Waals surface area contributed by atoms with Crippen LogP contribution < -0.4 is 5.32 Å². The predicted octanol–water partition coefficient (Wildman–Crippen LogP) is 4.07. The van der Waals surface area contributed by atoms with E-state index in [1.807, 2.05) is 0 Å². The molecule has 2 rings (SSSR count). The minimum Gasteiger partial charge on any atom is -0.370 e. The molecule has 0 radical (unpaired) electrons. The van der Waals surface area contributed by atoms with Gasteiger partial charge in [-0.25, -0.2) is 9.97 Å². The highest BCUT2D eigenvalue weighted by atomic mass is 15.0. The Hall–Kier alpha value is -1.12. The van der Waals surface area contributed by atoms with E-state index >= 15 is 0 Å². The van der Waals surface area contributed by atoms with E-state index in [9.17, 15) is 0 Å². The van der Waals surface area contributed by atoms with Crippen LogP contribution in [-0.2, 0) is 6.42 Å². The summed E-state index contributed by atoms with van der Waals surface area (Å²) in [6.07, 6.45) is 5.94. The number of rotatable bonds is 5. The highest BCUT2D eigenvalue weighted by molar-refractivity contribution is 5.46. The molecule has 0 saturated heterocycles. The van der Waals surface area contributed by atoms with Crippen molar-refractivity contribution in [3.63, 3.8) is 0 Å². The summed E-state index contributed by atoms with van der Waals surface area (Å²) in [5.74, 6) is 3.54. The lowest BCUT2D eigenvalue weighted by Gasteiger charge is -2.16. The molecule has 1 aliphatic carbocycles. The fourth-order valence-corrected chi connectivity index (χ4v) is 3.05. The second kappa shape index (κ2) is 6.36. The number of nitrogens with one attached hydrogen (secondary N) is 1. The Balaban J connectivity index is 2.27. The maximum Gasteiger partial charge on any atom is 0.134 e. The quantitative estimate of drug-likeness (QED) is 0.868. The lowest BCUT2D eigenvalue weighted by molar-refractivity contribution is 0.584. The number of nitrogens with zero attached hydrogens (tertiary/aromatic N) is 2. The molecule has 2 unspecified atom stereocenters. The van der Waals surface area contributed by atoms with Crippen molar-refractivity contribution in [2.75, 3.05) is 11.9 Å². The van der Waals surface area contributed by atoms with Gasteiger partial charge < -0.3 is 5.32 Å². The Bertz CT molecular complexity index is 428. The van der Waals surface area contributed by atoms with Crippen LogP contribution >= 0.6 is 0 Å². The first kappa shape index (κ1) is 14.3. The van der Waals surface area contributed by atoms with Gasteiger partial charge in [-0.1, -0.05) is 20.8 Å². The zero-order chi connectivity index (χ0) is 13.8. The third-order valence-corrected chi connectivity index (χ3v) is 4.19. The van der Waals surface area contributed by atoms with Crippen LogP contribution in [0, 0.1) is 12.8 Å². The molecule has 106 valence electrons. The molecule has 19 heavy (non-hydrogen) atoms. The van der Waals surface area contributed by atoms with Crippen molar-refractivity contribution in [1.82, 2.24) is 9.97 Å². The minimum atomic E-state index is 0.571. The van der Waals surface area contributed by atoms with Crippen molar-refractivity contribution < 1.29 is 0 Å². The predicted molar refractivity (Wildman–Crippen MR) is 80.7 cm³/mol. The lowest BCUT2D eigenvalue weighted by atomic mass is 10.0. The van der Waals surface area contributed by atoms with Gasteiger partial charge in [-0.05, 0) is 44.9 Å². The summed E-state index contributed by atoms with van der Waals surface area (Å²) in [6.45, 7) is 9.82. The second-order valence-electron chi connectivity index (χ2n) is 5.89. The molecule has 1 aliphatic rings. The average molecular weight is 261 g/mol. The van der Waals surface area contributed by atoms with Crippen molar-refractivity contribution in [2.24, 2.45) is 5.92 Å². The average Bonchev–Trinajstić information content (AvgIpc) is 2.82. The van der Waals surface area contributed by atoms with E-state index in [-0.39, 0.29) is 0 Å². The van der Waals surface area contributed by atoms with Gasteiger partial charge in [0, 0.05) is 23.7 Å². The van der Waals surface area contributed by atoms with Gasteiger partial charge in [0.05, 0.1) is 0 Å². The van der Waals surface area contributed by atoms with E-state index in [2.05, 4.69) is 33.0 Å². The maximum absolute atomic E-state index is 4.84. The monoisotopic (exact) mass is 261 g/mol. The summed E-state index contributed by atoms with van der Waals surface area (Å²) in [6, 6.07) is 0. The molecule has 1 heterocycles. The second-order valence-corrected chi connectivity index (χ2v) is 5.89. The van der Waals surface area contributed by atoms with Crippen LogP contribution in [0.2, 0.25) is 0 Å². The Morgan fingerprint density at radius 3 is 2.58 bits per heavy atom. The molecule has 0 bridgehead atoms. The molecule has 2 atom stereocenters. The third-order valence-electron chi connectivity index (χ3n) is 4.19. The Morgan fingerprint density at radius 1 is 1.21 bits per heavy atom. The lowest BCUT2D eigenvalue weighted by Crippen LogP contribution is -2.12. The summed E-state index contributed by atoms with van der Waals surface area (Å²) in [7, 11) is 0. The standard InChI is InChI=1S/C16H27N3/c1-5-9-17-16-14(6-2)12(4)18-15(19-16)13-8-7-11(3)10-13/h11,13H,5-10H2,1-4H3,(H,17,18,19). The SMILES string of the molecule is CCCNc1nc(C2CCC(C)C2)nc(C)c1CC. The molecular weight excluding hydrogens is 234 g/mol. The molecule has 0 spiro atoms. The van der Waals surface area contributed by atoms with E-state index in [4.69, 9.17) is 9.97 Å². The van der Waals surface area contributed by atoms with Gasteiger partial charge in [0.2, 0.25) is 0 Å². The fourth-order valence-electron chi connectivity index (χ4n) is 3.05. The molecule has 3 nitrogen and oxygen atoms in total. The zero-order valence-corrected chi connectivity index (χ0v) is 12.8. The first-order valence-corrected chi connectivity index (χ1v) is 7.76. The summed E-state index contributed by atoms with van der Waals surface area (Å²) in [4.78, 5) is 9.61. The van der Waals surface area contributed by atoms with E-state index in [0.29, 0.717) is 5.92 Å². The summed E-state index contributed by atoms with van der Waals surface area (Å²) in [5.41, 5.74) is 2.44. The molecule has 1 aromatic heterocycles. The van der Waals surface area contributed by atoms with Gasteiger partial charge in [0.1, 0.15) is 11.6 Å². The van der Waals surface area contributed by atoms with Crippen LogP contribution in [0.4, 0.5) is 5.82 Å². The highest BCUT2D eigenvalue weighted by Crippen LogP contribution is 2.37. The van der Waals surface area contributed by atoms with Crippen LogP contribution in [0.3, 0.4) is 0 Å². The van der Waals surface area contributed by atoms with E-state index < -0.39 is 0 Å². The highest BCUT2D eigenvalue weighted by Gasteiger charge is 2.26. The zero-order valence-electron chi connectivity index (χ0n) is 12.8. The van der Waals surface area contributed by atoms with Gasteiger partial charge >= 0.3 is 0 Å². The van der Waals surface area contributed by atoms with Gasteiger partial charge in [0.25, 0.3) is 0 Å². The molecular formula is C16H27N3. The third kappa shape index (κ3) is 3.26. The van der Waals surface area contributed by atoms with Crippen molar-refractivity contribution in [3.8, 4) is 0 Å². The molecule has 0 amide bonds. The van der Waals surface area contributed by atoms with Gasteiger partial charge in [0.15, 0.2) is 0 Å².